The summed E-state index contributed by atoms with van der Waals surface area (Å²) in [4.78, 5) is 57.9. The van der Waals surface area contributed by atoms with Gasteiger partial charge in [-0.3, -0.25) is 0 Å². The van der Waals surface area contributed by atoms with Crippen LogP contribution in [0.2, 0.25) is 0 Å². The minimum Gasteiger partial charge on any atom is -0.550 e. The monoisotopic (exact) mass is 674 g/mol. The molecule has 12 nitrogen and oxygen atoms in total. The maximum Gasteiger partial charge on any atom is 3.00 e. The first kappa shape index (κ1) is 39.0. The van der Waals surface area contributed by atoms with Gasteiger partial charge in [-0.2, -0.15) is 0 Å². The van der Waals surface area contributed by atoms with Crippen LogP contribution in [0.15, 0.2) is 0 Å². The predicted octanol–water partition coefficient (Wildman–Crippen LogP) is -7.03. The van der Waals surface area contributed by atoms with E-state index in [1.807, 2.05) is 0 Å². The van der Waals surface area contributed by atoms with Gasteiger partial charge in [0.2, 0.25) is 0 Å². The molecule has 0 rings (SSSR count). The number of hydrogen-bond donors (Lipinski definition) is 0. The summed E-state index contributed by atoms with van der Waals surface area (Å²) < 4.78 is 0. The molecule has 0 spiro atoms. The molecule has 29 heavy (non-hydrogen) atoms. The first-order chi connectivity index (χ1) is 12.4. The molecular formula is C15H18Nd2O12. The van der Waals surface area contributed by atoms with E-state index < -0.39 is 35.8 Å². The SMILES string of the molecule is O=C([O-])CCCC(=O)[O-].O=C([O-])CCCC(=O)[O-].O=C([O-])CCCC(=O)[O-].[Nd+3].[Nd+3]. The minimum atomic E-state index is -1.23. The van der Waals surface area contributed by atoms with Crippen molar-refractivity contribution >= 4 is 35.8 Å². The second-order valence-corrected chi connectivity index (χ2v) is 4.79. The minimum absolute atomic E-state index is 0. The molecule has 14 heteroatoms. The third kappa shape index (κ3) is 58.4. The Morgan fingerprint density at radius 3 is 0.517 bits per heavy atom. The number of carbonyl (C=O) groups is 6. The maximum atomic E-state index is 9.66. The van der Waals surface area contributed by atoms with Gasteiger partial charge in [0.05, 0.1) is 0 Å². The van der Waals surface area contributed by atoms with Gasteiger partial charge in [-0.05, 0) is 57.8 Å². The topological polar surface area (TPSA) is 241 Å². The zero-order valence-electron chi connectivity index (χ0n) is 15.3. The van der Waals surface area contributed by atoms with Crippen LogP contribution in [0.1, 0.15) is 57.8 Å². The Bertz CT molecular complexity index is 394. The molecule has 0 aliphatic heterocycles. The summed E-state index contributed by atoms with van der Waals surface area (Å²) in [6, 6.07) is 0. The number of carboxylic acids is 6. The van der Waals surface area contributed by atoms with Crippen molar-refractivity contribution in [1.29, 1.82) is 0 Å². The van der Waals surface area contributed by atoms with Gasteiger partial charge >= 0.3 is 81.7 Å². The summed E-state index contributed by atoms with van der Waals surface area (Å²) in [6.45, 7) is 0. The second kappa shape index (κ2) is 27.5. The quantitative estimate of drug-likeness (QED) is 0.187. The first-order valence-corrected chi connectivity index (χ1v) is 7.57. The van der Waals surface area contributed by atoms with E-state index in [1.165, 1.54) is 0 Å². The zero-order valence-corrected chi connectivity index (χ0v) is 21.7. The van der Waals surface area contributed by atoms with Crippen LogP contribution in [-0.4, -0.2) is 35.8 Å². The van der Waals surface area contributed by atoms with Crippen molar-refractivity contribution < 1.29 is 141 Å². The summed E-state index contributed by atoms with van der Waals surface area (Å²) >= 11 is 0. The zero-order chi connectivity index (χ0) is 21.8. The molecule has 0 atom stereocenters. The van der Waals surface area contributed by atoms with Crippen LogP contribution in [0.3, 0.4) is 0 Å². The molecule has 0 unspecified atom stereocenters. The number of aliphatic carboxylic acids is 6. The Morgan fingerprint density at radius 1 is 0.345 bits per heavy atom. The number of hydrogen-bond acceptors (Lipinski definition) is 12. The summed E-state index contributed by atoms with van der Waals surface area (Å²) in [5.74, 6) is -7.35. The standard InChI is InChI=1S/3C5H8O4.2Nd/c3*6-4(7)2-1-3-5(8)9;;/h3*1-3H2,(H,6,7)(H,8,9);;/q;;;2*+3/p-6. The second-order valence-electron chi connectivity index (χ2n) is 4.79. The van der Waals surface area contributed by atoms with E-state index in [1.54, 1.807) is 0 Å². The van der Waals surface area contributed by atoms with Crippen molar-refractivity contribution in [3.05, 3.63) is 0 Å². The molecule has 0 bridgehead atoms. The van der Waals surface area contributed by atoms with E-state index in [2.05, 4.69) is 0 Å². The van der Waals surface area contributed by atoms with Crippen molar-refractivity contribution in [1.82, 2.24) is 0 Å². The van der Waals surface area contributed by atoms with Crippen LogP contribution in [0.5, 0.6) is 0 Å². The predicted molar refractivity (Wildman–Crippen MR) is 71.6 cm³/mol. The largest absolute Gasteiger partial charge is 3.00 e. The molecular weight excluding hydrogens is 661 g/mol. The van der Waals surface area contributed by atoms with Gasteiger partial charge in [-0.25, -0.2) is 0 Å². The molecule has 0 aliphatic carbocycles. The molecule has 0 aromatic carbocycles. The summed E-state index contributed by atoms with van der Waals surface area (Å²) in [6.07, 6.45) is -1.02. The van der Waals surface area contributed by atoms with Crippen LogP contribution in [0, 0.1) is 81.7 Å². The number of carbonyl (C=O) groups excluding carboxylic acids is 6. The van der Waals surface area contributed by atoms with Crippen LogP contribution in [0.4, 0.5) is 0 Å². The molecule has 0 aromatic heterocycles. The Hall–Kier alpha value is -0.479. The molecule has 2 radical (unpaired) electrons. The van der Waals surface area contributed by atoms with Crippen molar-refractivity contribution in [3.63, 3.8) is 0 Å². The Morgan fingerprint density at radius 2 is 0.448 bits per heavy atom. The van der Waals surface area contributed by atoms with Gasteiger partial charge < -0.3 is 59.4 Å². The van der Waals surface area contributed by atoms with E-state index in [9.17, 15) is 59.4 Å². The van der Waals surface area contributed by atoms with Gasteiger partial charge in [-0.1, -0.05) is 0 Å². The van der Waals surface area contributed by atoms with E-state index >= 15 is 0 Å². The molecule has 0 amide bonds. The Balaban J connectivity index is -0.0000000960. The first-order valence-electron chi connectivity index (χ1n) is 7.57. The summed E-state index contributed by atoms with van der Waals surface area (Å²) in [7, 11) is 0. The Kier molecular flexibility index (Phi) is 37.1. The van der Waals surface area contributed by atoms with E-state index in [4.69, 9.17) is 0 Å². The summed E-state index contributed by atoms with van der Waals surface area (Å²) in [5.41, 5.74) is 0. The molecule has 0 aromatic rings. The van der Waals surface area contributed by atoms with Crippen molar-refractivity contribution in [2.45, 2.75) is 57.8 Å². The van der Waals surface area contributed by atoms with Crippen LogP contribution in [-0.2, 0) is 28.8 Å². The van der Waals surface area contributed by atoms with Crippen LogP contribution < -0.4 is 30.6 Å². The van der Waals surface area contributed by atoms with Crippen molar-refractivity contribution in [2.24, 2.45) is 0 Å². The molecule has 0 saturated carbocycles. The number of rotatable bonds is 12. The third-order valence-electron chi connectivity index (χ3n) is 2.29. The van der Waals surface area contributed by atoms with Gasteiger partial charge in [0.25, 0.3) is 0 Å². The molecule has 0 N–H and O–H groups in total. The fourth-order valence-electron chi connectivity index (χ4n) is 1.13. The average Bonchev–Trinajstić information content (AvgIpc) is 2.46. The fraction of sp³-hybridized carbons (Fsp3) is 0.600. The van der Waals surface area contributed by atoms with Crippen LogP contribution in [0.25, 0.3) is 0 Å². The van der Waals surface area contributed by atoms with Gasteiger partial charge in [0, 0.05) is 35.8 Å². The Labute approximate surface area is 232 Å². The smallest absolute Gasteiger partial charge is 0.550 e. The van der Waals surface area contributed by atoms with E-state index in [0.29, 0.717) is 0 Å². The third-order valence-corrected chi connectivity index (χ3v) is 2.29. The molecule has 0 saturated heterocycles. The molecule has 0 fully saturated rings. The average molecular weight is 679 g/mol. The van der Waals surface area contributed by atoms with E-state index in [-0.39, 0.29) is 139 Å². The molecule has 0 heterocycles. The van der Waals surface area contributed by atoms with Crippen molar-refractivity contribution in [2.75, 3.05) is 0 Å². The molecule has 158 valence electrons. The number of carboxylic acid groups (broad SMARTS) is 6. The molecule has 0 aliphatic rings. The fourth-order valence-corrected chi connectivity index (χ4v) is 1.13. The van der Waals surface area contributed by atoms with Crippen molar-refractivity contribution in [3.8, 4) is 0 Å². The normalized spacial score (nSPS) is 8.28. The van der Waals surface area contributed by atoms with Gasteiger partial charge in [-0.15, -0.1) is 0 Å². The van der Waals surface area contributed by atoms with Crippen LogP contribution >= 0.6 is 0 Å². The van der Waals surface area contributed by atoms with Gasteiger partial charge in [0.15, 0.2) is 0 Å². The van der Waals surface area contributed by atoms with E-state index in [0.717, 1.165) is 0 Å². The summed E-state index contributed by atoms with van der Waals surface area (Å²) in [5, 5.41) is 57.9. The maximum absolute atomic E-state index is 9.66. The van der Waals surface area contributed by atoms with Gasteiger partial charge in [0.1, 0.15) is 0 Å².